The smallest absolute Gasteiger partial charge is 0.316 e. The van der Waals surface area contributed by atoms with Gasteiger partial charge in [-0.05, 0) is 29.8 Å². The van der Waals surface area contributed by atoms with Gasteiger partial charge in [0.25, 0.3) is 0 Å². The lowest BCUT2D eigenvalue weighted by Gasteiger charge is -2.13. The van der Waals surface area contributed by atoms with E-state index in [0.717, 1.165) is 4.47 Å². The Morgan fingerprint density at radius 3 is 2.86 bits per heavy atom. The number of hydrogen-bond donors (Lipinski definition) is 0. The molecule has 5 heteroatoms. The molecule has 0 saturated heterocycles. The molecular weight excluding hydrogens is 272 g/mol. The first-order valence-electron chi connectivity index (χ1n) is 3.85. The Morgan fingerprint density at radius 2 is 2.29 bits per heavy atom. The summed E-state index contributed by atoms with van der Waals surface area (Å²) in [6, 6.07) is 4.55. The normalized spacial score (nSPS) is 10.0. The van der Waals surface area contributed by atoms with Crippen molar-refractivity contribution in [3.05, 3.63) is 34.1 Å². The average Bonchev–Trinajstić information content (AvgIpc) is 2.11. The van der Waals surface area contributed by atoms with Crippen molar-refractivity contribution >= 4 is 32.9 Å². The third-order valence-corrected chi connectivity index (χ3v) is 2.50. The molecule has 1 aromatic carbocycles. The van der Waals surface area contributed by atoms with Gasteiger partial charge in [0.15, 0.2) is 0 Å². The average molecular weight is 281 g/mol. The molecule has 0 spiro atoms. The SMILES string of the molecule is CN(Cc1cc(Br)ccc1F)C(=O)Cl. The van der Waals surface area contributed by atoms with E-state index in [4.69, 9.17) is 11.6 Å². The topological polar surface area (TPSA) is 20.3 Å². The molecule has 0 aliphatic heterocycles. The highest BCUT2D eigenvalue weighted by molar-refractivity contribution is 9.10. The number of carbonyl (C=O) groups is 1. The van der Waals surface area contributed by atoms with Crippen LogP contribution in [0.1, 0.15) is 5.56 Å². The third kappa shape index (κ3) is 2.96. The Labute approximate surface area is 94.8 Å². The molecule has 14 heavy (non-hydrogen) atoms. The van der Waals surface area contributed by atoms with Crippen LogP contribution in [0.25, 0.3) is 0 Å². The molecule has 2 nitrogen and oxygen atoms in total. The Morgan fingerprint density at radius 1 is 1.64 bits per heavy atom. The van der Waals surface area contributed by atoms with E-state index >= 15 is 0 Å². The van der Waals surface area contributed by atoms with Crippen LogP contribution in [-0.2, 0) is 6.54 Å². The molecule has 0 aliphatic carbocycles. The lowest BCUT2D eigenvalue weighted by molar-refractivity contribution is 0.230. The van der Waals surface area contributed by atoms with E-state index in [1.807, 2.05) is 0 Å². The molecule has 76 valence electrons. The van der Waals surface area contributed by atoms with Crippen molar-refractivity contribution in [1.82, 2.24) is 4.90 Å². The third-order valence-electron chi connectivity index (χ3n) is 1.72. The fourth-order valence-electron chi connectivity index (χ4n) is 0.982. The summed E-state index contributed by atoms with van der Waals surface area (Å²) in [5.41, 5.74) is 0.427. The number of benzene rings is 1. The standard InChI is InChI=1S/C9H8BrClFNO/c1-13(9(11)14)5-6-4-7(10)2-3-8(6)12/h2-4H,5H2,1H3. The van der Waals surface area contributed by atoms with Gasteiger partial charge in [0.1, 0.15) is 5.82 Å². The molecule has 0 fully saturated rings. The van der Waals surface area contributed by atoms with Gasteiger partial charge in [-0.2, -0.15) is 0 Å². The first kappa shape index (κ1) is 11.5. The molecule has 0 unspecified atom stereocenters. The summed E-state index contributed by atoms with van der Waals surface area (Å²) in [5.74, 6) is -0.349. The summed E-state index contributed by atoms with van der Waals surface area (Å²) in [4.78, 5) is 11.9. The van der Waals surface area contributed by atoms with Crippen LogP contribution < -0.4 is 0 Å². The predicted octanol–water partition coefficient (Wildman–Crippen LogP) is 3.38. The summed E-state index contributed by atoms with van der Waals surface area (Å²) < 4.78 is 14.0. The van der Waals surface area contributed by atoms with E-state index in [1.165, 1.54) is 18.0 Å². The second kappa shape index (κ2) is 4.75. The summed E-state index contributed by atoms with van der Waals surface area (Å²) >= 11 is 8.44. The number of rotatable bonds is 2. The lowest BCUT2D eigenvalue weighted by atomic mass is 10.2. The zero-order chi connectivity index (χ0) is 10.7. The van der Waals surface area contributed by atoms with Crippen molar-refractivity contribution in [3.63, 3.8) is 0 Å². The monoisotopic (exact) mass is 279 g/mol. The summed E-state index contributed by atoms with van der Waals surface area (Å²) in [6.07, 6.45) is 0. The second-order valence-electron chi connectivity index (χ2n) is 2.84. The van der Waals surface area contributed by atoms with Crippen LogP contribution in [0, 0.1) is 5.82 Å². The zero-order valence-electron chi connectivity index (χ0n) is 7.43. The van der Waals surface area contributed by atoms with Crippen molar-refractivity contribution in [2.24, 2.45) is 0 Å². The van der Waals surface area contributed by atoms with Crippen LogP contribution in [0.5, 0.6) is 0 Å². The lowest BCUT2D eigenvalue weighted by Crippen LogP contribution is -2.20. The van der Waals surface area contributed by atoms with Gasteiger partial charge in [-0.3, -0.25) is 4.79 Å². The molecule has 1 rings (SSSR count). The Balaban J connectivity index is 2.85. The van der Waals surface area contributed by atoms with Crippen LogP contribution in [0.2, 0.25) is 0 Å². The van der Waals surface area contributed by atoms with Gasteiger partial charge >= 0.3 is 5.37 Å². The molecule has 0 N–H and O–H groups in total. The van der Waals surface area contributed by atoms with Crippen molar-refractivity contribution in [2.45, 2.75) is 6.54 Å². The van der Waals surface area contributed by atoms with Crippen LogP contribution in [0.15, 0.2) is 22.7 Å². The maximum Gasteiger partial charge on any atom is 0.316 e. The van der Waals surface area contributed by atoms with Gasteiger partial charge in [-0.25, -0.2) is 4.39 Å². The quantitative estimate of drug-likeness (QED) is 0.601. The number of hydrogen-bond acceptors (Lipinski definition) is 1. The maximum atomic E-state index is 13.2. The van der Waals surface area contributed by atoms with Crippen LogP contribution >= 0.6 is 27.5 Å². The van der Waals surface area contributed by atoms with Crippen LogP contribution in [-0.4, -0.2) is 17.3 Å². The fourth-order valence-corrected chi connectivity index (χ4v) is 1.45. The Kier molecular flexibility index (Phi) is 3.89. The highest BCUT2D eigenvalue weighted by Crippen LogP contribution is 2.17. The minimum Gasteiger partial charge on any atom is -0.328 e. The predicted molar refractivity (Wildman–Crippen MR) is 56.8 cm³/mol. The molecule has 0 aliphatic rings. The van der Waals surface area contributed by atoms with E-state index in [2.05, 4.69) is 15.9 Å². The number of nitrogens with zero attached hydrogens (tertiary/aromatic N) is 1. The van der Waals surface area contributed by atoms with Crippen LogP contribution in [0.4, 0.5) is 9.18 Å². The molecule has 0 radical (unpaired) electrons. The van der Waals surface area contributed by atoms with Crippen molar-refractivity contribution in [1.29, 1.82) is 0 Å². The van der Waals surface area contributed by atoms with Crippen molar-refractivity contribution < 1.29 is 9.18 Å². The fraction of sp³-hybridized carbons (Fsp3) is 0.222. The minimum absolute atomic E-state index is 0.160. The zero-order valence-corrected chi connectivity index (χ0v) is 9.77. The Hall–Kier alpha value is -0.610. The summed E-state index contributed by atoms with van der Waals surface area (Å²) in [6.45, 7) is 0.160. The van der Waals surface area contributed by atoms with E-state index in [9.17, 15) is 9.18 Å². The summed E-state index contributed by atoms with van der Waals surface area (Å²) in [5, 5.41) is -0.607. The second-order valence-corrected chi connectivity index (χ2v) is 4.08. The van der Waals surface area contributed by atoms with Crippen LogP contribution in [0.3, 0.4) is 0 Å². The van der Waals surface area contributed by atoms with E-state index in [-0.39, 0.29) is 12.4 Å². The van der Waals surface area contributed by atoms with Crippen molar-refractivity contribution in [2.75, 3.05) is 7.05 Å². The van der Waals surface area contributed by atoms with E-state index in [1.54, 1.807) is 12.1 Å². The van der Waals surface area contributed by atoms with Crippen molar-refractivity contribution in [3.8, 4) is 0 Å². The van der Waals surface area contributed by atoms with Gasteiger partial charge in [-0.15, -0.1) is 0 Å². The van der Waals surface area contributed by atoms with Gasteiger partial charge in [-0.1, -0.05) is 15.9 Å². The largest absolute Gasteiger partial charge is 0.328 e. The molecule has 0 atom stereocenters. The van der Waals surface area contributed by atoms with Gasteiger partial charge in [0.2, 0.25) is 0 Å². The first-order valence-corrected chi connectivity index (χ1v) is 5.02. The molecule has 1 amide bonds. The van der Waals surface area contributed by atoms with Gasteiger partial charge in [0.05, 0.1) is 0 Å². The molecule has 1 aromatic rings. The molecular formula is C9H8BrClFNO. The number of amides is 1. The highest BCUT2D eigenvalue weighted by atomic mass is 79.9. The Bertz CT molecular complexity index is 359. The highest BCUT2D eigenvalue weighted by Gasteiger charge is 2.09. The molecule has 0 bridgehead atoms. The molecule has 0 heterocycles. The van der Waals surface area contributed by atoms with Gasteiger partial charge in [0, 0.05) is 23.6 Å². The molecule has 0 saturated carbocycles. The van der Waals surface area contributed by atoms with Gasteiger partial charge < -0.3 is 4.90 Å². The molecule has 0 aromatic heterocycles. The number of carbonyl (C=O) groups excluding carboxylic acids is 1. The van der Waals surface area contributed by atoms with E-state index in [0.29, 0.717) is 5.56 Å². The first-order chi connectivity index (χ1) is 6.50. The number of halogens is 3. The minimum atomic E-state index is -0.607. The van der Waals surface area contributed by atoms with E-state index < -0.39 is 5.37 Å². The summed E-state index contributed by atoms with van der Waals surface area (Å²) in [7, 11) is 1.51. The maximum absolute atomic E-state index is 13.2.